The Balaban J connectivity index is 2.08. The summed E-state index contributed by atoms with van der Waals surface area (Å²) in [4.78, 5) is 4.22. The van der Waals surface area contributed by atoms with Crippen molar-refractivity contribution in [1.29, 1.82) is 0 Å². The normalized spacial score (nSPS) is 12.9. The Labute approximate surface area is 109 Å². The molecule has 1 atom stereocenters. The lowest BCUT2D eigenvalue weighted by atomic mass is 9.99. The molecular formula is C13H15NO3S. The van der Waals surface area contributed by atoms with Gasteiger partial charge in [0.15, 0.2) is 6.29 Å². The molecule has 2 aromatic rings. The van der Waals surface area contributed by atoms with E-state index in [4.69, 9.17) is 15.3 Å². The number of aliphatic hydroxyl groups excluding tert-OH is 2. The molecule has 5 heteroatoms. The lowest BCUT2D eigenvalue weighted by Gasteiger charge is -2.16. The number of thiazole rings is 1. The SMILES string of the molecule is OCC(Cc1ccc(-c2nccs2)cc1)C(O)O. The van der Waals surface area contributed by atoms with E-state index in [1.165, 1.54) is 0 Å². The van der Waals surface area contributed by atoms with Crippen LogP contribution in [0, 0.1) is 5.92 Å². The zero-order valence-corrected chi connectivity index (χ0v) is 10.5. The van der Waals surface area contributed by atoms with Crippen molar-refractivity contribution in [3.8, 4) is 10.6 Å². The lowest BCUT2D eigenvalue weighted by Crippen LogP contribution is -2.25. The molecule has 1 heterocycles. The molecule has 0 aliphatic rings. The molecule has 0 spiro atoms. The summed E-state index contributed by atoms with van der Waals surface area (Å²) in [5.41, 5.74) is 2.00. The molecule has 0 amide bonds. The van der Waals surface area contributed by atoms with Gasteiger partial charge < -0.3 is 15.3 Å². The van der Waals surface area contributed by atoms with Crippen molar-refractivity contribution in [2.24, 2.45) is 5.92 Å². The van der Waals surface area contributed by atoms with Crippen molar-refractivity contribution in [2.45, 2.75) is 12.7 Å². The summed E-state index contributed by atoms with van der Waals surface area (Å²) >= 11 is 1.57. The first-order chi connectivity index (χ1) is 8.70. The Kier molecular flexibility index (Phi) is 4.43. The standard InChI is InChI=1S/C13H15NO3S/c15-8-11(13(16)17)7-9-1-3-10(4-2-9)12-14-5-6-18-12/h1-6,11,13,15-17H,7-8H2. The number of hydrogen-bond acceptors (Lipinski definition) is 5. The maximum atomic E-state index is 9.07. The van der Waals surface area contributed by atoms with Crippen LogP contribution in [0.4, 0.5) is 0 Å². The predicted octanol–water partition coefficient (Wildman–Crippen LogP) is 1.27. The molecule has 18 heavy (non-hydrogen) atoms. The van der Waals surface area contributed by atoms with E-state index in [0.717, 1.165) is 16.1 Å². The molecule has 0 fully saturated rings. The third-order valence-corrected chi connectivity index (χ3v) is 3.61. The minimum absolute atomic E-state index is 0.244. The number of nitrogens with zero attached hydrogens (tertiary/aromatic N) is 1. The monoisotopic (exact) mass is 265 g/mol. The molecule has 3 N–H and O–H groups in total. The highest BCUT2D eigenvalue weighted by atomic mass is 32.1. The molecule has 0 bridgehead atoms. The van der Waals surface area contributed by atoms with E-state index >= 15 is 0 Å². The second kappa shape index (κ2) is 6.06. The van der Waals surface area contributed by atoms with E-state index in [-0.39, 0.29) is 6.61 Å². The largest absolute Gasteiger partial charge is 0.396 e. The van der Waals surface area contributed by atoms with Crippen LogP contribution < -0.4 is 0 Å². The molecule has 1 aromatic heterocycles. The van der Waals surface area contributed by atoms with Gasteiger partial charge in [0.1, 0.15) is 5.01 Å². The Hall–Kier alpha value is -1.27. The van der Waals surface area contributed by atoms with Gasteiger partial charge in [-0.1, -0.05) is 24.3 Å². The van der Waals surface area contributed by atoms with Crippen molar-refractivity contribution in [3.63, 3.8) is 0 Å². The second-order valence-electron chi connectivity index (χ2n) is 4.09. The summed E-state index contributed by atoms with van der Waals surface area (Å²) in [6.45, 7) is -0.244. The maximum Gasteiger partial charge on any atom is 0.156 e. The fourth-order valence-corrected chi connectivity index (χ4v) is 2.36. The molecule has 1 unspecified atom stereocenters. The van der Waals surface area contributed by atoms with Crippen molar-refractivity contribution in [2.75, 3.05) is 6.61 Å². The molecule has 0 aliphatic carbocycles. The third-order valence-electron chi connectivity index (χ3n) is 2.79. The average Bonchev–Trinajstić information content (AvgIpc) is 2.90. The van der Waals surface area contributed by atoms with Crippen LogP contribution in [0.25, 0.3) is 10.6 Å². The summed E-state index contributed by atoms with van der Waals surface area (Å²) in [5.74, 6) is -0.546. The average molecular weight is 265 g/mol. The van der Waals surface area contributed by atoms with Gasteiger partial charge in [-0.05, 0) is 12.0 Å². The van der Waals surface area contributed by atoms with Gasteiger partial charge in [-0.25, -0.2) is 4.98 Å². The van der Waals surface area contributed by atoms with Gasteiger partial charge in [-0.2, -0.15) is 0 Å². The second-order valence-corrected chi connectivity index (χ2v) is 4.99. The van der Waals surface area contributed by atoms with Gasteiger partial charge in [-0.15, -0.1) is 11.3 Å². The molecule has 0 saturated heterocycles. The van der Waals surface area contributed by atoms with Crippen LogP contribution >= 0.6 is 11.3 Å². The lowest BCUT2D eigenvalue weighted by molar-refractivity contribution is -0.0959. The van der Waals surface area contributed by atoms with E-state index in [9.17, 15) is 0 Å². The van der Waals surface area contributed by atoms with Crippen LogP contribution in [-0.2, 0) is 6.42 Å². The van der Waals surface area contributed by atoms with Crippen LogP contribution in [-0.4, -0.2) is 33.2 Å². The molecule has 96 valence electrons. The molecular weight excluding hydrogens is 250 g/mol. The van der Waals surface area contributed by atoms with Crippen LogP contribution in [0.1, 0.15) is 5.56 Å². The van der Waals surface area contributed by atoms with Crippen molar-refractivity contribution in [3.05, 3.63) is 41.4 Å². The third kappa shape index (κ3) is 3.14. The summed E-state index contributed by atoms with van der Waals surface area (Å²) in [6.07, 6.45) is 0.707. The summed E-state index contributed by atoms with van der Waals surface area (Å²) < 4.78 is 0. The number of benzene rings is 1. The topological polar surface area (TPSA) is 73.6 Å². The van der Waals surface area contributed by atoms with E-state index in [0.29, 0.717) is 6.42 Å². The number of aliphatic hydroxyl groups is 3. The smallest absolute Gasteiger partial charge is 0.156 e. The minimum atomic E-state index is -1.49. The first kappa shape index (κ1) is 13.2. The molecule has 0 aliphatic heterocycles. The first-order valence-corrected chi connectivity index (χ1v) is 6.54. The Bertz CT molecular complexity index is 467. The molecule has 4 nitrogen and oxygen atoms in total. The summed E-state index contributed by atoms with van der Waals surface area (Å²) in [7, 11) is 0. The highest BCUT2D eigenvalue weighted by Crippen LogP contribution is 2.22. The van der Waals surface area contributed by atoms with E-state index in [2.05, 4.69) is 4.98 Å². The van der Waals surface area contributed by atoms with Crippen LogP contribution in [0.2, 0.25) is 0 Å². The van der Waals surface area contributed by atoms with Crippen LogP contribution in [0.3, 0.4) is 0 Å². The molecule has 0 saturated carbocycles. The van der Waals surface area contributed by atoms with Gasteiger partial charge in [-0.3, -0.25) is 0 Å². The van der Waals surface area contributed by atoms with E-state index in [1.807, 2.05) is 29.6 Å². The molecule has 1 aromatic carbocycles. The minimum Gasteiger partial charge on any atom is -0.396 e. The van der Waals surface area contributed by atoms with Crippen LogP contribution in [0.5, 0.6) is 0 Å². The van der Waals surface area contributed by atoms with Crippen molar-refractivity contribution < 1.29 is 15.3 Å². The van der Waals surface area contributed by atoms with Gasteiger partial charge >= 0.3 is 0 Å². The predicted molar refractivity (Wildman–Crippen MR) is 70.1 cm³/mol. The number of hydrogen-bond donors (Lipinski definition) is 3. The summed E-state index contributed by atoms with van der Waals surface area (Å²) in [5, 5.41) is 30.0. The Morgan fingerprint density at radius 1 is 1.17 bits per heavy atom. The quantitative estimate of drug-likeness (QED) is 0.712. The molecule has 0 radical (unpaired) electrons. The number of aromatic nitrogens is 1. The first-order valence-electron chi connectivity index (χ1n) is 5.66. The Morgan fingerprint density at radius 2 is 1.89 bits per heavy atom. The van der Waals surface area contributed by atoms with Gasteiger partial charge in [0.2, 0.25) is 0 Å². The van der Waals surface area contributed by atoms with E-state index < -0.39 is 12.2 Å². The van der Waals surface area contributed by atoms with Crippen LogP contribution in [0.15, 0.2) is 35.8 Å². The van der Waals surface area contributed by atoms with Gasteiger partial charge in [0.25, 0.3) is 0 Å². The summed E-state index contributed by atoms with van der Waals surface area (Å²) in [6, 6.07) is 7.74. The fourth-order valence-electron chi connectivity index (χ4n) is 1.72. The van der Waals surface area contributed by atoms with E-state index in [1.54, 1.807) is 17.5 Å². The Morgan fingerprint density at radius 3 is 2.39 bits per heavy atom. The molecule has 2 rings (SSSR count). The maximum absolute atomic E-state index is 9.07. The zero-order chi connectivity index (χ0) is 13.0. The highest BCUT2D eigenvalue weighted by molar-refractivity contribution is 7.13. The van der Waals surface area contributed by atoms with Crippen molar-refractivity contribution >= 4 is 11.3 Å². The number of rotatable bonds is 5. The van der Waals surface area contributed by atoms with Gasteiger partial charge in [0, 0.05) is 23.1 Å². The fraction of sp³-hybridized carbons (Fsp3) is 0.308. The van der Waals surface area contributed by atoms with Crippen molar-refractivity contribution in [1.82, 2.24) is 4.98 Å². The zero-order valence-electron chi connectivity index (χ0n) is 9.73. The van der Waals surface area contributed by atoms with Gasteiger partial charge in [0.05, 0.1) is 6.61 Å². The highest BCUT2D eigenvalue weighted by Gasteiger charge is 2.16.